The molecule has 0 heterocycles. The molecular formula is C12H17NO2. The highest BCUT2D eigenvalue weighted by Gasteiger charge is 2.08. The van der Waals surface area contributed by atoms with Gasteiger partial charge in [-0.15, -0.1) is 0 Å². The number of carbonyl (C=O) groups is 1. The van der Waals surface area contributed by atoms with Crippen LogP contribution >= 0.6 is 0 Å². The number of nitrogens with one attached hydrogen (secondary N) is 1. The third-order valence-corrected chi connectivity index (χ3v) is 1.97. The van der Waals surface area contributed by atoms with E-state index in [-0.39, 0.29) is 12.0 Å². The van der Waals surface area contributed by atoms with Gasteiger partial charge in [0.1, 0.15) is 5.75 Å². The number of hydrogen-bond donors (Lipinski definition) is 1. The van der Waals surface area contributed by atoms with Crippen LogP contribution in [-0.4, -0.2) is 19.1 Å². The second-order valence-corrected chi connectivity index (χ2v) is 3.62. The molecule has 0 radical (unpaired) electrons. The molecule has 0 fully saturated rings. The minimum atomic E-state index is -0.00481. The van der Waals surface area contributed by atoms with E-state index >= 15 is 0 Å². The second-order valence-electron chi connectivity index (χ2n) is 3.62. The zero-order valence-electron chi connectivity index (χ0n) is 9.41. The van der Waals surface area contributed by atoms with Gasteiger partial charge in [0.05, 0.1) is 12.5 Å². The van der Waals surface area contributed by atoms with Gasteiger partial charge in [-0.25, -0.2) is 0 Å². The molecular weight excluding hydrogens is 190 g/mol. The maximum absolute atomic E-state index is 11.3. The van der Waals surface area contributed by atoms with E-state index in [1.807, 2.05) is 38.1 Å². The highest BCUT2D eigenvalue weighted by atomic mass is 16.5. The van der Waals surface area contributed by atoms with Crippen molar-refractivity contribution in [3.63, 3.8) is 0 Å². The monoisotopic (exact) mass is 207 g/mol. The molecule has 3 heteroatoms. The fraction of sp³-hybridized carbons (Fsp3) is 0.417. The van der Waals surface area contributed by atoms with Crippen LogP contribution in [-0.2, 0) is 11.2 Å². The lowest BCUT2D eigenvalue weighted by molar-refractivity contribution is -0.119. The molecule has 1 rings (SSSR count). The Bertz CT molecular complexity index is 334. The molecule has 0 aliphatic heterocycles. The standard InChI is InChI=1S/C12H17NO2/c1-9(2)15-11-7-5-4-6-10(11)8-12(14)13-3/h4-7,9H,8H2,1-3H3,(H,13,14). The molecule has 0 spiro atoms. The van der Waals surface area contributed by atoms with Crippen LogP contribution in [0.25, 0.3) is 0 Å². The van der Waals surface area contributed by atoms with E-state index in [9.17, 15) is 4.79 Å². The number of hydrogen-bond acceptors (Lipinski definition) is 2. The molecule has 1 aromatic rings. The van der Waals surface area contributed by atoms with Crippen molar-refractivity contribution in [1.29, 1.82) is 0 Å². The van der Waals surface area contributed by atoms with E-state index in [2.05, 4.69) is 5.32 Å². The van der Waals surface area contributed by atoms with Gasteiger partial charge in [0.2, 0.25) is 5.91 Å². The molecule has 0 unspecified atom stereocenters. The smallest absolute Gasteiger partial charge is 0.224 e. The lowest BCUT2D eigenvalue weighted by Crippen LogP contribution is -2.20. The van der Waals surface area contributed by atoms with Crippen molar-refractivity contribution in [3.05, 3.63) is 29.8 Å². The molecule has 0 atom stereocenters. The van der Waals surface area contributed by atoms with Crippen molar-refractivity contribution in [2.45, 2.75) is 26.4 Å². The minimum Gasteiger partial charge on any atom is -0.491 e. The summed E-state index contributed by atoms with van der Waals surface area (Å²) in [6, 6.07) is 7.61. The highest BCUT2D eigenvalue weighted by Crippen LogP contribution is 2.19. The van der Waals surface area contributed by atoms with Gasteiger partial charge in [-0.3, -0.25) is 4.79 Å². The maximum atomic E-state index is 11.3. The van der Waals surface area contributed by atoms with E-state index in [0.717, 1.165) is 11.3 Å². The van der Waals surface area contributed by atoms with Crippen molar-refractivity contribution in [2.75, 3.05) is 7.05 Å². The van der Waals surface area contributed by atoms with E-state index in [1.54, 1.807) is 7.05 Å². The average molecular weight is 207 g/mol. The number of amides is 1. The van der Waals surface area contributed by atoms with E-state index in [1.165, 1.54) is 0 Å². The van der Waals surface area contributed by atoms with Gasteiger partial charge >= 0.3 is 0 Å². The molecule has 0 aliphatic rings. The molecule has 1 aromatic carbocycles. The number of rotatable bonds is 4. The summed E-state index contributed by atoms with van der Waals surface area (Å²) in [5.74, 6) is 0.783. The van der Waals surface area contributed by atoms with Gasteiger partial charge in [-0.1, -0.05) is 18.2 Å². The van der Waals surface area contributed by atoms with Crippen LogP contribution in [0.3, 0.4) is 0 Å². The number of para-hydroxylation sites is 1. The molecule has 1 N–H and O–H groups in total. The van der Waals surface area contributed by atoms with Crippen LogP contribution in [0.15, 0.2) is 24.3 Å². The van der Waals surface area contributed by atoms with Gasteiger partial charge in [-0.2, -0.15) is 0 Å². The van der Waals surface area contributed by atoms with Crippen molar-refractivity contribution < 1.29 is 9.53 Å². The largest absolute Gasteiger partial charge is 0.491 e. The summed E-state index contributed by atoms with van der Waals surface area (Å²) in [5, 5.41) is 2.60. The molecule has 1 amide bonds. The molecule has 0 saturated carbocycles. The summed E-state index contributed by atoms with van der Waals surface area (Å²) in [6.07, 6.45) is 0.482. The van der Waals surface area contributed by atoms with Crippen molar-refractivity contribution >= 4 is 5.91 Å². The highest BCUT2D eigenvalue weighted by molar-refractivity contribution is 5.78. The summed E-state index contributed by atoms with van der Waals surface area (Å²) in [4.78, 5) is 11.3. The van der Waals surface area contributed by atoms with Crippen molar-refractivity contribution in [1.82, 2.24) is 5.32 Å². The number of ether oxygens (including phenoxy) is 1. The molecule has 0 aliphatic carbocycles. The molecule has 0 saturated heterocycles. The Morgan fingerprint density at radius 2 is 2.07 bits per heavy atom. The maximum Gasteiger partial charge on any atom is 0.224 e. The van der Waals surface area contributed by atoms with Gasteiger partial charge in [-0.05, 0) is 19.9 Å². The first kappa shape index (κ1) is 11.6. The zero-order chi connectivity index (χ0) is 11.3. The van der Waals surface area contributed by atoms with E-state index in [0.29, 0.717) is 6.42 Å². The minimum absolute atomic E-state index is 0.00481. The fourth-order valence-electron chi connectivity index (χ4n) is 1.28. The number of benzene rings is 1. The first-order valence-corrected chi connectivity index (χ1v) is 5.08. The summed E-state index contributed by atoms with van der Waals surface area (Å²) in [6.45, 7) is 3.94. The third-order valence-electron chi connectivity index (χ3n) is 1.97. The van der Waals surface area contributed by atoms with Crippen molar-refractivity contribution in [2.24, 2.45) is 0 Å². The lowest BCUT2D eigenvalue weighted by atomic mass is 10.1. The Morgan fingerprint density at radius 1 is 1.40 bits per heavy atom. The van der Waals surface area contributed by atoms with Crippen LogP contribution in [0.4, 0.5) is 0 Å². The SMILES string of the molecule is CNC(=O)Cc1ccccc1OC(C)C. The molecule has 0 bridgehead atoms. The van der Waals surface area contributed by atoms with Gasteiger partial charge in [0, 0.05) is 12.6 Å². The van der Waals surface area contributed by atoms with Crippen LogP contribution < -0.4 is 10.1 Å². The normalized spacial score (nSPS) is 10.1. The van der Waals surface area contributed by atoms with Gasteiger partial charge in [0.15, 0.2) is 0 Å². The summed E-state index contributed by atoms with van der Waals surface area (Å²) < 4.78 is 5.61. The topological polar surface area (TPSA) is 38.3 Å². The van der Waals surface area contributed by atoms with Crippen molar-refractivity contribution in [3.8, 4) is 5.75 Å². The second kappa shape index (κ2) is 5.39. The average Bonchev–Trinajstić information content (AvgIpc) is 2.20. The Labute approximate surface area is 90.4 Å². The quantitative estimate of drug-likeness (QED) is 0.817. The number of carbonyl (C=O) groups excluding carboxylic acids is 1. The third kappa shape index (κ3) is 3.62. The van der Waals surface area contributed by atoms with Crippen LogP contribution in [0, 0.1) is 0 Å². The Morgan fingerprint density at radius 3 is 2.67 bits per heavy atom. The first-order chi connectivity index (χ1) is 7.13. The predicted molar refractivity (Wildman–Crippen MR) is 60.0 cm³/mol. The molecule has 3 nitrogen and oxygen atoms in total. The molecule has 0 aromatic heterocycles. The first-order valence-electron chi connectivity index (χ1n) is 5.08. The molecule has 15 heavy (non-hydrogen) atoms. The van der Waals surface area contributed by atoms with Gasteiger partial charge < -0.3 is 10.1 Å². The predicted octanol–water partition coefficient (Wildman–Crippen LogP) is 1.76. The summed E-state index contributed by atoms with van der Waals surface area (Å²) >= 11 is 0. The van der Waals surface area contributed by atoms with Crippen LogP contribution in [0.2, 0.25) is 0 Å². The summed E-state index contributed by atoms with van der Waals surface area (Å²) in [5.41, 5.74) is 0.922. The van der Waals surface area contributed by atoms with E-state index < -0.39 is 0 Å². The van der Waals surface area contributed by atoms with Crippen LogP contribution in [0.1, 0.15) is 19.4 Å². The fourth-order valence-corrected chi connectivity index (χ4v) is 1.28. The Hall–Kier alpha value is -1.51. The Kier molecular flexibility index (Phi) is 4.16. The summed E-state index contributed by atoms with van der Waals surface area (Å²) in [7, 11) is 1.63. The molecule has 82 valence electrons. The van der Waals surface area contributed by atoms with Crippen LogP contribution in [0.5, 0.6) is 5.75 Å². The Balaban J connectivity index is 2.81. The van der Waals surface area contributed by atoms with Gasteiger partial charge in [0.25, 0.3) is 0 Å². The lowest BCUT2D eigenvalue weighted by Gasteiger charge is -2.13. The van der Waals surface area contributed by atoms with E-state index in [4.69, 9.17) is 4.74 Å². The zero-order valence-corrected chi connectivity index (χ0v) is 9.41. The number of likely N-dealkylation sites (N-methyl/N-ethyl adjacent to an activating group) is 1.